The third-order valence-corrected chi connectivity index (χ3v) is 2.65. The van der Waals surface area contributed by atoms with Gasteiger partial charge in [0.05, 0.1) is 0 Å². The number of allylic oxidation sites excluding steroid dienone is 3. The fourth-order valence-corrected chi connectivity index (χ4v) is 1.84. The molecule has 15 heavy (non-hydrogen) atoms. The molecule has 1 nitrogen and oxygen atoms in total. The van der Waals surface area contributed by atoms with Crippen molar-refractivity contribution in [2.45, 2.75) is 6.92 Å². The quantitative estimate of drug-likeness (QED) is 0.454. The Morgan fingerprint density at radius 2 is 2.20 bits per heavy atom. The first kappa shape index (κ1) is 12.0. The first-order valence-corrected chi connectivity index (χ1v) is 6.19. The Bertz CT molecular complexity index is 430. The normalized spacial score (nSPS) is 10.9. The Morgan fingerprint density at radius 1 is 1.47 bits per heavy atom. The number of aryl methyl sites for hydroxylation is 1. The molecular weight excluding hydrogens is 356 g/mol. The molecule has 1 aromatic carbocycles. The Kier molecular flexibility index (Phi) is 4.58. The van der Waals surface area contributed by atoms with E-state index in [4.69, 9.17) is 6.58 Å². The van der Waals surface area contributed by atoms with Crippen LogP contribution in [0.4, 0.5) is 0 Å². The van der Waals surface area contributed by atoms with Crippen LogP contribution in [0.1, 0.15) is 21.5 Å². The number of carbonyl (C=O) groups is 1. The maximum atomic E-state index is 10.7. The van der Waals surface area contributed by atoms with Crippen LogP contribution < -0.4 is 0 Å². The van der Waals surface area contributed by atoms with Gasteiger partial charge in [-0.1, -0.05) is 0 Å². The molecule has 0 aliphatic carbocycles. The third kappa shape index (κ3) is 2.94. The zero-order valence-electron chi connectivity index (χ0n) is 8.44. The van der Waals surface area contributed by atoms with Crippen molar-refractivity contribution >= 4 is 16.3 Å². The van der Waals surface area contributed by atoms with Gasteiger partial charge in [-0.15, -0.1) is 0 Å². The van der Waals surface area contributed by atoms with Crippen molar-refractivity contribution in [3.8, 4) is 0 Å². The first-order valence-electron chi connectivity index (χ1n) is 4.49. The average Bonchev–Trinajstić information content (AvgIpc) is 2.25. The van der Waals surface area contributed by atoms with Crippen LogP contribution in [0.5, 0.6) is 0 Å². The van der Waals surface area contributed by atoms with Crippen LogP contribution in [0, 0.1) is 13.5 Å². The van der Waals surface area contributed by atoms with E-state index in [1.807, 2.05) is 35.6 Å². The van der Waals surface area contributed by atoms with Gasteiger partial charge >= 0.3 is 101 Å². The second kappa shape index (κ2) is 5.72. The predicted molar refractivity (Wildman–Crippen MR) is 59.5 cm³/mol. The topological polar surface area (TPSA) is 17.1 Å². The van der Waals surface area contributed by atoms with Crippen molar-refractivity contribution in [1.82, 2.24) is 0 Å². The summed E-state index contributed by atoms with van der Waals surface area (Å²) in [6.45, 7) is 7.46. The number of hydrogen-bond donors (Lipinski definition) is 0. The van der Waals surface area contributed by atoms with Gasteiger partial charge in [0.1, 0.15) is 0 Å². The summed E-state index contributed by atoms with van der Waals surface area (Å²) in [7, 11) is 0. The van der Waals surface area contributed by atoms with E-state index in [0.29, 0.717) is 0 Å². The first-order chi connectivity index (χ1) is 7.22. The predicted octanol–water partition coefficient (Wildman–Crippen LogP) is 2.53. The molecule has 0 aliphatic rings. The second-order valence-corrected chi connectivity index (χ2v) is 4.09. The molecule has 0 saturated heterocycles. The molecule has 0 amide bonds. The van der Waals surface area contributed by atoms with Crippen molar-refractivity contribution in [3.05, 3.63) is 53.6 Å². The fourth-order valence-electron chi connectivity index (χ4n) is 1.31. The van der Waals surface area contributed by atoms with Gasteiger partial charge in [-0.05, 0) is 0 Å². The van der Waals surface area contributed by atoms with Gasteiger partial charge in [0.25, 0.3) is 0 Å². The van der Waals surface area contributed by atoms with Gasteiger partial charge in [0.15, 0.2) is 0 Å². The Balaban J connectivity index is 3.21. The Hall–Kier alpha value is -1.07. The molecule has 0 unspecified atom stereocenters. The third-order valence-electron chi connectivity index (χ3n) is 2.16. The number of carbonyl (C=O) groups excluding carboxylic acids is 1. The monoisotopic (exact) mass is 367 g/mol. The van der Waals surface area contributed by atoms with Crippen molar-refractivity contribution in [2.24, 2.45) is 0 Å². The van der Waals surface area contributed by atoms with Crippen LogP contribution >= 0.6 is 0 Å². The summed E-state index contributed by atoms with van der Waals surface area (Å²) in [5.74, 6) is 0. The molecular formula is C13H11OW-. The standard InChI is InChI=1S/C13H11O.W/c1-4-11(5-2)12-6-7-13(9-14)10(3)8-12;/h1-2,4-9H,3H3;/q-1;/b11-4+;. The minimum atomic E-state index is 0.723. The molecule has 0 atom stereocenters. The number of hydrogen-bond acceptors (Lipinski definition) is 1. The zero-order chi connectivity index (χ0) is 11.3. The van der Waals surface area contributed by atoms with Crippen LogP contribution in [0.3, 0.4) is 0 Å². The summed E-state index contributed by atoms with van der Waals surface area (Å²) in [6, 6.07) is 5.69. The number of rotatable bonds is 4. The summed E-state index contributed by atoms with van der Waals surface area (Å²) in [6.07, 6.45) is 4.42. The molecule has 0 saturated carbocycles. The molecule has 0 fully saturated rings. The Morgan fingerprint density at radius 3 is 2.67 bits per heavy atom. The van der Waals surface area contributed by atoms with Gasteiger partial charge in [0.2, 0.25) is 0 Å². The van der Waals surface area contributed by atoms with Crippen LogP contribution in [0.15, 0.2) is 30.4 Å². The molecule has 2 heteroatoms. The summed E-state index contributed by atoms with van der Waals surface area (Å²) < 4.78 is 2.02. The fraction of sp³-hybridized carbons (Fsp3) is 0.0769. The minimum absolute atomic E-state index is 0.723. The van der Waals surface area contributed by atoms with Crippen molar-refractivity contribution in [3.63, 3.8) is 0 Å². The molecule has 0 aromatic heterocycles. The number of aldehydes is 1. The molecule has 0 radical (unpaired) electrons. The van der Waals surface area contributed by atoms with E-state index in [-0.39, 0.29) is 0 Å². The summed E-state index contributed by atoms with van der Waals surface area (Å²) in [5.41, 5.74) is 3.71. The van der Waals surface area contributed by atoms with Gasteiger partial charge in [-0.25, -0.2) is 0 Å². The SMILES string of the molecule is [CH-]=C/C(=C\[CH]=[W])c1ccc(C=O)c(C)c1. The van der Waals surface area contributed by atoms with E-state index in [0.717, 1.165) is 28.5 Å². The van der Waals surface area contributed by atoms with Crippen LogP contribution in [0.25, 0.3) is 5.57 Å². The van der Waals surface area contributed by atoms with E-state index in [2.05, 4.69) is 0 Å². The van der Waals surface area contributed by atoms with Crippen LogP contribution in [0.2, 0.25) is 0 Å². The zero-order valence-corrected chi connectivity index (χ0v) is 11.4. The van der Waals surface area contributed by atoms with E-state index >= 15 is 0 Å². The molecule has 0 heterocycles. The van der Waals surface area contributed by atoms with Gasteiger partial charge in [-0.3, -0.25) is 0 Å². The summed E-state index contributed by atoms with van der Waals surface area (Å²) in [5, 5.41) is 0. The van der Waals surface area contributed by atoms with Crippen molar-refractivity contribution in [2.75, 3.05) is 0 Å². The molecule has 0 aliphatic heterocycles. The maximum absolute atomic E-state index is 10.7. The summed E-state index contributed by atoms with van der Waals surface area (Å²) in [4.78, 5) is 10.7. The second-order valence-electron chi connectivity index (χ2n) is 3.11. The van der Waals surface area contributed by atoms with Crippen molar-refractivity contribution < 1.29 is 24.1 Å². The van der Waals surface area contributed by atoms with Crippen LogP contribution in [-0.2, 0) is 19.4 Å². The van der Waals surface area contributed by atoms with Crippen LogP contribution in [-0.4, -0.2) is 10.7 Å². The van der Waals surface area contributed by atoms with E-state index in [1.54, 1.807) is 6.08 Å². The average molecular weight is 367 g/mol. The molecule has 0 spiro atoms. The molecule has 1 rings (SSSR count). The molecule has 76 valence electrons. The van der Waals surface area contributed by atoms with Crippen molar-refractivity contribution in [1.29, 1.82) is 0 Å². The van der Waals surface area contributed by atoms with E-state index in [9.17, 15) is 4.79 Å². The Labute approximate surface area is 101 Å². The van der Waals surface area contributed by atoms with E-state index in [1.165, 1.54) is 19.4 Å². The van der Waals surface area contributed by atoms with E-state index < -0.39 is 0 Å². The molecule has 0 N–H and O–H groups in total. The van der Waals surface area contributed by atoms with Gasteiger partial charge in [-0.2, -0.15) is 0 Å². The van der Waals surface area contributed by atoms with Gasteiger partial charge in [0, 0.05) is 0 Å². The number of benzene rings is 1. The van der Waals surface area contributed by atoms with Gasteiger partial charge < -0.3 is 0 Å². The summed E-state index contributed by atoms with van der Waals surface area (Å²) >= 11 is 1.38. The molecule has 0 bridgehead atoms. The molecule has 1 aromatic rings.